The zero-order valence-corrected chi connectivity index (χ0v) is 12.2. The standard InChI is InChI=1S/C17H21N3O/c1-18-15(11-12-5-4-6-12)17-16-13-7-2-3-8-14(13)19-20(16)9-10-21-17/h2-3,7-8,12,15,17H,1,4-6,9-11H2/t15-,17?/m1/s1. The third-order valence-corrected chi connectivity index (χ3v) is 4.94. The van der Waals surface area contributed by atoms with Gasteiger partial charge in [0.15, 0.2) is 0 Å². The van der Waals surface area contributed by atoms with Crippen LogP contribution in [0.1, 0.15) is 37.5 Å². The highest BCUT2D eigenvalue weighted by molar-refractivity contribution is 5.82. The number of hydrogen-bond donors (Lipinski definition) is 0. The van der Waals surface area contributed by atoms with E-state index in [0.717, 1.165) is 24.4 Å². The van der Waals surface area contributed by atoms with E-state index in [9.17, 15) is 0 Å². The molecule has 21 heavy (non-hydrogen) atoms. The zero-order valence-electron chi connectivity index (χ0n) is 12.2. The number of rotatable bonds is 4. The molecule has 4 heteroatoms. The van der Waals surface area contributed by atoms with Crippen LogP contribution in [0.3, 0.4) is 0 Å². The Morgan fingerprint density at radius 3 is 3.00 bits per heavy atom. The second-order valence-corrected chi connectivity index (χ2v) is 6.20. The summed E-state index contributed by atoms with van der Waals surface area (Å²) in [5.74, 6) is 0.800. The highest BCUT2D eigenvalue weighted by atomic mass is 16.5. The molecule has 2 aromatic rings. The van der Waals surface area contributed by atoms with E-state index < -0.39 is 0 Å². The van der Waals surface area contributed by atoms with Crippen molar-refractivity contribution in [3.05, 3.63) is 30.0 Å². The van der Waals surface area contributed by atoms with Crippen molar-refractivity contribution in [2.24, 2.45) is 10.9 Å². The molecule has 1 aromatic carbocycles. The van der Waals surface area contributed by atoms with Gasteiger partial charge in [-0.1, -0.05) is 37.5 Å². The van der Waals surface area contributed by atoms with Crippen molar-refractivity contribution in [2.75, 3.05) is 6.61 Å². The molecule has 2 heterocycles. The molecule has 1 fully saturated rings. The van der Waals surface area contributed by atoms with E-state index in [-0.39, 0.29) is 12.1 Å². The summed E-state index contributed by atoms with van der Waals surface area (Å²) in [6.45, 7) is 5.36. The smallest absolute Gasteiger partial charge is 0.122 e. The molecule has 0 radical (unpaired) electrons. The fourth-order valence-electron chi connectivity index (χ4n) is 3.57. The first-order valence-electron chi connectivity index (χ1n) is 7.89. The van der Waals surface area contributed by atoms with E-state index in [4.69, 9.17) is 9.84 Å². The lowest BCUT2D eigenvalue weighted by molar-refractivity contribution is -0.00453. The molecule has 1 aliphatic heterocycles. The molecule has 4 nitrogen and oxygen atoms in total. The van der Waals surface area contributed by atoms with Crippen molar-refractivity contribution in [1.29, 1.82) is 0 Å². The second kappa shape index (κ2) is 5.26. The van der Waals surface area contributed by atoms with Gasteiger partial charge < -0.3 is 4.74 Å². The average Bonchev–Trinajstić information content (AvgIpc) is 2.85. The van der Waals surface area contributed by atoms with Crippen molar-refractivity contribution in [3.8, 4) is 0 Å². The highest BCUT2D eigenvalue weighted by Crippen LogP contribution is 2.39. The topological polar surface area (TPSA) is 39.4 Å². The molecule has 0 bridgehead atoms. The number of nitrogens with zero attached hydrogens (tertiary/aromatic N) is 3. The number of hydrogen-bond acceptors (Lipinski definition) is 3. The highest BCUT2D eigenvalue weighted by Gasteiger charge is 2.34. The lowest BCUT2D eigenvalue weighted by atomic mass is 9.79. The molecule has 1 aliphatic carbocycles. The van der Waals surface area contributed by atoms with Crippen molar-refractivity contribution in [3.63, 3.8) is 0 Å². The fourth-order valence-corrected chi connectivity index (χ4v) is 3.57. The van der Waals surface area contributed by atoms with Crippen LogP contribution >= 0.6 is 0 Å². The SMILES string of the molecule is C=N[C@H](CC1CCC1)C1OCCn2nc3ccccc3c21. The Morgan fingerprint density at radius 1 is 1.38 bits per heavy atom. The summed E-state index contributed by atoms with van der Waals surface area (Å²) < 4.78 is 8.21. The normalized spacial score (nSPS) is 23.5. The summed E-state index contributed by atoms with van der Waals surface area (Å²) in [4.78, 5) is 4.40. The molecule has 0 amide bonds. The Kier molecular flexibility index (Phi) is 3.26. The number of fused-ring (bicyclic) bond motifs is 3. The summed E-state index contributed by atoms with van der Waals surface area (Å²) in [6, 6.07) is 8.46. The van der Waals surface area contributed by atoms with Crippen LogP contribution in [0.5, 0.6) is 0 Å². The van der Waals surface area contributed by atoms with E-state index in [1.807, 2.05) is 6.07 Å². The van der Waals surface area contributed by atoms with Crippen molar-refractivity contribution >= 4 is 17.6 Å². The van der Waals surface area contributed by atoms with Crippen LogP contribution < -0.4 is 0 Å². The minimum absolute atomic E-state index is 0.00394. The molecule has 1 saturated carbocycles. The minimum atomic E-state index is 0.00394. The fraction of sp³-hybridized carbons (Fsp3) is 0.529. The van der Waals surface area contributed by atoms with Gasteiger partial charge in [-0.2, -0.15) is 5.10 Å². The van der Waals surface area contributed by atoms with Gasteiger partial charge in [0, 0.05) is 5.39 Å². The maximum Gasteiger partial charge on any atom is 0.122 e. The van der Waals surface area contributed by atoms with Crippen molar-refractivity contribution < 1.29 is 4.74 Å². The first kappa shape index (κ1) is 13.0. The molecule has 1 unspecified atom stereocenters. The van der Waals surface area contributed by atoms with E-state index in [1.54, 1.807) is 0 Å². The Bertz CT molecular complexity index is 659. The van der Waals surface area contributed by atoms with Crippen LogP contribution in [-0.2, 0) is 11.3 Å². The number of aromatic nitrogens is 2. The van der Waals surface area contributed by atoms with Crippen LogP contribution in [0, 0.1) is 5.92 Å². The Hall–Kier alpha value is -1.68. The minimum Gasteiger partial charge on any atom is -0.368 e. The van der Waals surface area contributed by atoms with Crippen molar-refractivity contribution in [2.45, 2.75) is 44.4 Å². The van der Waals surface area contributed by atoms with Gasteiger partial charge in [0.2, 0.25) is 0 Å². The van der Waals surface area contributed by atoms with Crippen LogP contribution in [0.2, 0.25) is 0 Å². The molecule has 0 N–H and O–H groups in total. The van der Waals surface area contributed by atoms with E-state index >= 15 is 0 Å². The lowest BCUT2D eigenvalue weighted by Gasteiger charge is -2.34. The van der Waals surface area contributed by atoms with E-state index in [0.29, 0.717) is 6.61 Å². The van der Waals surface area contributed by atoms with Gasteiger partial charge in [0.25, 0.3) is 0 Å². The number of benzene rings is 1. The van der Waals surface area contributed by atoms with Gasteiger partial charge in [-0.3, -0.25) is 9.67 Å². The maximum atomic E-state index is 6.10. The second-order valence-electron chi connectivity index (χ2n) is 6.20. The molecule has 110 valence electrons. The maximum absolute atomic E-state index is 6.10. The molecule has 2 aliphatic rings. The van der Waals surface area contributed by atoms with Crippen LogP contribution in [-0.4, -0.2) is 29.1 Å². The van der Waals surface area contributed by atoms with Crippen LogP contribution in [0.25, 0.3) is 10.9 Å². The van der Waals surface area contributed by atoms with Crippen molar-refractivity contribution in [1.82, 2.24) is 9.78 Å². The van der Waals surface area contributed by atoms with Gasteiger partial charge in [0.05, 0.1) is 30.4 Å². The number of aliphatic imine (C=N–C) groups is 1. The van der Waals surface area contributed by atoms with Crippen LogP contribution in [0.4, 0.5) is 0 Å². The van der Waals surface area contributed by atoms with Gasteiger partial charge in [-0.15, -0.1) is 0 Å². The van der Waals surface area contributed by atoms with Crippen LogP contribution in [0.15, 0.2) is 29.3 Å². The third-order valence-electron chi connectivity index (χ3n) is 4.94. The molecule has 2 atom stereocenters. The lowest BCUT2D eigenvalue weighted by Crippen LogP contribution is -2.31. The van der Waals surface area contributed by atoms with E-state index in [2.05, 4.69) is 34.6 Å². The summed E-state index contributed by atoms with van der Waals surface area (Å²) >= 11 is 0. The largest absolute Gasteiger partial charge is 0.368 e. The first-order chi connectivity index (χ1) is 10.4. The third kappa shape index (κ3) is 2.18. The van der Waals surface area contributed by atoms with E-state index in [1.165, 1.54) is 30.3 Å². The predicted molar refractivity (Wildman–Crippen MR) is 83.7 cm³/mol. The molecular formula is C17H21N3O. The Balaban J connectivity index is 1.72. The predicted octanol–water partition coefficient (Wildman–Crippen LogP) is 3.37. The molecule has 0 saturated heterocycles. The monoisotopic (exact) mass is 283 g/mol. The molecular weight excluding hydrogens is 262 g/mol. The summed E-state index contributed by atoms with van der Waals surface area (Å²) in [6.07, 6.45) is 5.12. The Labute approximate surface area is 124 Å². The van der Waals surface area contributed by atoms with Gasteiger partial charge in [-0.05, 0) is 25.1 Å². The summed E-state index contributed by atoms with van der Waals surface area (Å²) in [5, 5.41) is 5.91. The first-order valence-corrected chi connectivity index (χ1v) is 7.89. The zero-order chi connectivity index (χ0) is 14.2. The quantitative estimate of drug-likeness (QED) is 0.807. The van der Waals surface area contributed by atoms with Gasteiger partial charge >= 0.3 is 0 Å². The number of ether oxygens (including phenoxy) is 1. The summed E-state index contributed by atoms with van der Waals surface area (Å²) in [7, 11) is 0. The molecule has 0 spiro atoms. The average molecular weight is 283 g/mol. The summed E-state index contributed by atoms with van der Waals surface area (Å²) in [5.41, 5.74) is 2.24. The van der Waals surface area contributed by atoms with Gasteiger partial charge in [0.1, 0.15) is 6.10 Å². The molecule has 4 rings (SSSR count). The van der Waals surface area contributed by atoms with Gasteiger partial charge in [-0.25, -0.2) is 0 Å². The Morgan fingerprint density at radius 2 is 2.24 bits per heavy atom. The molecule has 1 aromatic heterocycles.